The fraction of sp³-hybridized carbons (Fsp3) is 0.412. The van der Waals surface area contributed by atoms with Crippen molar-refractivity contribution in [3.05, 3.63) is 29.8 Å². The lowest BCUT2D eigenvalue weighted by Gasteiger charge is -2.12. The van der Waals surface area contributed by atoms with Crippen molar-refractivity contribution in [2.45, 2.75) is 25.9 Å². The summed E-state index contributed by atoms with van der Waals surface area (Å²) < 4.78 is 9.91. The minimum Gasteiger partial charge on any atom is -0.504 e. The summed E-state index contributed by atoms with van der Waals surface area (Å²) in [6.07, 6.45) is 2.48. The van der Waals surface area contributed by atoms with Crippen LogP contribution in [0.2, 0.25) is 0 Å². The van der Waals surface area contributed by atoms with Crippen molar-refractivity contribution < 1.29 is 34.4 Å². The maximum Gasteiger partial charge on any atom is 0.407 e. The summed E-state index contributed by atoms with van der Waals surface area (Å²) in [5.74, 6) is -1.08. The lowest BCUT2D eigenvalue weighted by Crippen LogP contribution is -2.29. The van der Waals surface area contributed by atoms with Gasteiger partial charge < -0.3 is 30.1 Å². The van der Waals surface area contributed by atoms with Crippen molar-refractivity contribution in [3.63, 3.8) is 0 Å². The Bertz CT molecular complexity index is 601. The van der Waals surface area contributed by atoms with Crippen molar-refractivity contribution in [2.75, 3.05) is 19.8 Å². The topological polar surface area (TPSA) is 125 Å². The number of alkyl carbamates (subject to hydrolysis) is 1. The average Bonchev–Trinajstić information content (AvgIpc) is 2.55. The molecular formula is C17H23NO7. The van der Waals surface area contributed by atoms with Gasteiger partial charge in [0.1, 0.15) is 6.10 Å². The van der Waals surface area contributed by atoms with Gasteiger partial charge in [0.2, 0.25) is 0 Å². The number of hydrogen-bond acceptors (Lipinski definition) is 7. The highest BCUT2D eigenvalue weighted by molar-refractivity contribution is 5.87. The van der Waals surface area contributed by atoms with E-state index in [1.165, 1.54) is 30.4 Å². The number of rotatable bonds is 9. The number of esters is 1. The van der Waals surface area contributed by atoms with E-state index in [0.29, 0.717) is 18.4 Å². The number of carbonyl (C=O) groups is 2. The molecule has 0 saturated carbocycles. The van der Waals surface area contributed by atoms with Crippen LogP contribution < -0.4 is 5.32 Å². The fourth-order valence-electron chi connectivity index (χ4n) is 1.76. The molecule has 1 aromatic carbocycles. The van der Waals surface area contributed by atoms with Gasteiger partial charge in [-0.15, -0.1) is 0 Å². The summed E-state index contributed by atoms with van der Waals surface area (Å²) in [4.78, 5) is 22.9. The van der Waals surface area contributed by atoms with Crippen LogP contribution in [0.3, 0.4) is 0 Å². The Labute approximate surface area is 145 Å². The zero-order valence-corrected chi connectivity index (χ0v) is 14.0. The number of hydrogen-bond donors (Lipinski definition) is 4. The maximum atomic E-state index is 11.5. The van der Waals surface area contributed by atoms with E-state index in [1.54, 1.807) is 6.92 Å². The molecule has 1 rings (SSSR count). The van der Waals surface area contributed by atoms with Crippen LogP contribution in [-0.4, -0.2) is 53.2 Å². The lowest BCUT2D eigenvalue weighted by molar-refractivity contribution is -0.137. The molecule has 8 nitrogen and oxygen atoms in total. The molecule has 0 aromatic heterocycles. The first kappa shape index (κ1) is 20.3. The number of phenols is 2. The van der Waals surface area contributed by atoms with Gasteiger partial charge in [-0.05, 0) is 37.1 Å². The van der Waals surface area contributed by atoms with E-state index in [2.05, 4.69) is 5.32 Å². The van der Waals surface area contributed by atoms with Gasteiger partial charge in [-0.25, -0.2) is 9.59 Å². The molecule has 4 N–H and O–H groups in total. The molecule has 25 heavy (non-hydrogen) atoms. The number of benzene rings is 1. The van der Waals surface area contributed by atoms with Crippen molar-refractivity contribution in [2.24, 2.45) is 0 Å². The number of carbonyl (C=O) groups excluding carboxylic acids is 2. The van der Waals surface area contributed by atoms with E-state index in [-0.39, 0.29) is 37.4 Å². The van der Waals surface area contributed by atoms with Crippen LogP contribution in [-0.2, 0) is 14.3 Å². The molecule has 0 saturated heterocycles. The highest BCUT2D eigenvalue weighted by atomic mass is 16.6. The standard InChI is InChI=1S/C17H23NO7/c1-12(7-9-19)25-17(23)18-8-2-10-24-16(22)6-4-13-3-5-14(20)15(21)11-13/h3-6,11-12,19-21H,2,7-10H2,1H3,(H,18,23)/b6-4+. The number of nitrogens with one attached hydrogen (secondary N) is 1. The van der Waals surface area contributed by atoms with Gasteiger partial charge in [0.25, 0.3) is 0 Å². The van der Waals surface area contributed by atoms with E-state index in [4.69, 9.17) is 14.6 Å². The van der Waals surface area contributed by atoms with Gasteiger partial charge in [0, 0.05) is 25.6 Å². The first-order chi connectivity index (χ1) is 11.9. The number of phenolic OH excluding ortho intramolecular Hbond substituents is 2. The first-order valence-corrected chi connectivity index (χ1v) is 7.84. The zero-order chi connectivity index (χ0) is 18.7. The normalized spacial score (nSPS) is 11.9. The Balaban J connectivity index is 2.19. The van der Waals surface area contributed by atoms with Crippen molar-refractivity contribution in [1.82, 2.24) is 5.32 Å². The third kappa shape index (κ3) is 8.61. The van der Waals surface area contributed by atoms with Crippen LogP contribution in [0.1, 0.15) is 25.3 Å². The van der Waals surface area contributed by atoms with Gasteiger partial charge in [-0.3, -0.25) is 0 Å². The van der Waals surface area contributed by atoms with E-state index in [0.717, 1.165) is 0 Å². The number of ether oxygens (including phenoxy) is 2. The highest BCUT2D eigenvalue weighted by Gasteiger charge is 2.08. The molecule has 8 heteroatoms. The number of aliphatic hydroxyl groups excluding tert-OH is 1. The predicted molar refractivity (Wildman–Crippen MR) is 90.0 cm³/mol. The fourth-order valence-corrected chi connectivity index (χ4v) is 1.76. The molecule has 0 fully saturated rings. The Hall–Kier alpha value is -2.74. The second kappa shape index (κ2) is 10.9. The van der Waals surface area contributed by atoms with Crippen LogP contribution in [0.25, 0.3) is 6.08 Å². The smallest absolute Gasteiger partial charge is 0.407 e. The molecule has 1 amide bonds. The molecule has 1 atom stereocenters. The molecule has 0 aliphatic heterocycles. The van der Waals surface area contributed by atoms with Crippen LogP contribution >= 0.6 is 0 Å². The molecule has 0 heterocycles. The summed E-state index contributed by atoms with van der Waals surface area (Å²) in [7, 11) is 0. The molecule has 1 unspecified atom stereocenters. The molecule has 0 spiro atoms. The average molecular weight is 353 g/mol. The summed E-state index contributed by atoms with van der Waals surface area (Å²) in [6.45, 7) is 2.03. The quantitative estimate of drug-likeness (QED) is 0.230. The van der Waals surface area contributed by atoms with E-state index in [9.17, 15) is 19.8 Å². The first-order valence-electron chi connectivity index (χ1n) is 7.84. The molecule has 1 aromatic rings. The molecule has 0 bridgehead atoms. The van der Waals surface area contributed by atoms with Gasteiger partial charge in [-0.1, -0.05) is 6.07 Å². The molecular weight excluding hydrogens is 330 g/mol. The number of aromatic hydroxyl groups is 2. The predicted octanol–water partition coefficient (Wildman–Crippen LogP) is 1.54. The van der Waals surface area contributed by atoms with Crippen LogP contribution in [0, 0.1) is 0 Å². The highest BCUT2D eigenvalue weighted by Crippen LogP contribution is 2.25. The molecule has 0 aliphatic rings. The van der Waals surface area contributed by atoms with Crippen LogP contribution in [0.4, 0.5) is 4.79 Å². The third-order valence-corrected chi connectivity index (χ3v) is 3.09. The molecule has 138 valence electrons. The second-order valence-corrected chi connectivity index (χ2v) is 5.26. The summed E-state index contributed by atoms with van der Waals surface area (Å²) in [6, 6.07) is 4.16. The van der Waals surface area contributed by atoms with Crippen LogP contribution in [0.15, 0.2) is 24.3 Å². The van der Waals surface area contributed by atoms with Crippen molar-refractivity contribution in [1.29, 1.82) is 0 Å². The number of aliphatic hydroxyl groups is 1. The van der Waals surface area contributed by atoms with Gasteiger partial charge in [-0.2, -0.15) is 0 Å². The van der Waals surface area contributed by atoms with E-state index >= 15 is 0 Å². The Kier molecular flexibility index (Phi) is 8.87. The molecule has 0 aliphatic carbocycles. The molecule has 0 radical (unpaired) electrons. The van der Waals surface area contributed by atoms with Gasteiger partial charge in [0.05, 0.1) is 6.61 Å². The SMILES string of the molecule is CC(CCO)OC(=O)NCCCOC(=O)/C=C/c1ccc(O)c(O)c1. The van der Waals surface area contributed by atoms with Gasteiger partial charge >= 0.3 is 12.1 Å². The minimum atomic E-state index is -0.584. The largest absolute Gasteiger partial charge is 0.504 e. The summed E-state index contributed by atoms with van der Waals surface area (Å²) >= 11 is 0. The maximum absolute atomic E-state index is 11.5. The Morgan fingerprint density at radius 3 is 2.72 bits per heavy atom. The van der Waals surface area contributed by atoms with Crippen molar-refractivity contribution >= 4 is 18.1 Å². The third-order valence-electron chi connectivity index (χ3n) is 3.09. The minimum absolute atomic E-state index is 0.0539. The summed E-state index contributed by atoms with van der Waals surface area (Å²) in [5.41, 5.74) is 0.536. The number of amides is 1. The van der Waals surface area contributed by atoms with E-state index < -0.39 is 12.1 Å². The lowest BCUT2D eigenvalue weighted by atomic mass is 10.2. The summed E-state index contributed by atoms with van der Waals surface area (Å²) in [5, 5.41) is 29.7. The second-order valence-electron chi connectivity index (χ2n) is 5.26. The van der Waals surface area contributed by atoms with Crippen LogP contribution in [0.5, 0.6) is 11.5 Å². The Morgan fingerprint density at radius 1 is 1.28 bits per heavy atom. The van der Waals surface area contributed by atoms with E-state index in [1.807, 2.05) is 0 Å². The zero-order valence-electron chi connectivity index (χ0n) is 14.0. The Morgan fingerprint density at radius 2 is 2.04 bits per heavy atom. The monoisotopic (exact) mass is 353 g/mol. The van der Waals surface area contributed by atoms with Crippen molar-refractivity contribution in [3.8, 4) is 11.5 Å². The van der Waals surface area contributed by atoms with Gasteiger partial charge in [0.15, 0.2) is 11.5 Å².